The fraction of sp³-hybridized carbons (Fsp3) is 0.533. The Morgan fingerprint density at radius 3 is 3.05 bits per heavy atom. The third-order valence-electron chi connectivity index (χ3n) is 3.55. The van der Waals surface area contributed by atoms with Crippen LogP contribution in [0.15, 0.2) is 24.3 Å². The average molecular weight is 263 g/mol. The highest BCUT2D eigenvalue weighted by Crippen LogP contribution is 2.33. The summed E-state index contributed by atoms with van der Waals surface area (Å²) in [6.07, 6.45) is 1.98. The molecule has 0 saturated carbocycles. The summed E-state index contributed by atoms with van der Waals surface area (Å²) in [6, 6.07) is 8.19. The summed E-state index contributed by atoms with van der Waals surface area (Å²) in [5, 5.41) is 8.64. The van der Waals surface area contributed by atoms with Gasteiger partial charge in [-0.05, 0) is 38.1 Å². The normalized spacial score (nSPS) is 17.9. The summed E-state index contributed by atoms with van der Waals surface area (Å²) in [6.45, 7) is 2.55. The standard InChI is InChI=1S/C15H21NO3/c1-16(9-4-7-15(17)18)11-12-8-10-19-14-6-3-2-5-13(12)14/h2-3,5-6,12H,4,7-11H2,1H3,(H,17,18). The molecular formula is C15H21NO3. The van der Waals surface area contributed by atoms with Crippen LogP contribution in [0.3, 0.4) is 0 Å². The van der Waals surface area contributed by atoms with Crippen LogP contribution in [0.4, 0.5) is 0 Å². The van der Waals surface area contributed by atoms with Crippen molar-refractivity contribution < 1.29 is 14.6 Å². The predicted molar refractivity (Wildman–Crippen MR) is 73.7 cm³/mol. The second kappa shape index (κ2) is 6.57. The molecule has 0 amide bonds. The highest BCUT2D eigenvalue weighted by molar-refractivity contribution is 5.66. The van der Waals surface area contributed by atoms with Gasteiger partial charge < -0.3 is 14.7 Å². The molecule has 2 rings (SSSR count). The molecule has 0 aliphatic carbocycles. The van der Waals surface area contributed by atoms with Gasteiger partial charge in [0, 0.05) is 18.9 Å². The second-order valence-corrected chi connectivity index (χ2v) is 5.13. The summed E-state index contributed by atoms with van der Waals surface area (Å²) >= 11 is 0. The van der Waals surface area contributed by atoms with E-state index in [-0.39, 0.29) is 6.42 Å². The molecule has 1 aliphatic heterocycles. The van der Waals surface area contributed by atoms with Crippen LogP contribution in [0.1, 0.15) is 30.7 Å². The van der Waals surface area contributed by atoms with Gasteiger partial charge in [0.15, 0.2) is 0 Å². The summed E-state index contributed by atoms with van der Waals surface area (Å²) in [4.78, 5) is 12.7. The largest absolute Gasteiger partial charge is 0.493 e. The minimum Gasteiger partial charge on any atom is -0.493 e. The monoisotopic (exact) mass is 263 g/mol. The van der Waals surface area contributed by atoms with E-state index in [0.717, 1.165) is 31.9 Å². The first-order chi connectivity index (χ1) is 9.16. The van der Waals surface area contributed by atoms with E-state index in [0.29, 0.717) is 12.3 Å². The molecular weight excluding hydrogens is 242 g/mol. The van der Waals surface area contributed by atoms with Crippen molar-refractivity contribution in [3.8, 4) is 5.75 Å². The van der Waals surface area contributed by atoms with Crippen molar-refractivity contribution in [1.29, 1.82) is 0 Å². The number of ether oxygens (including phenoxy) is 1. The zero-order chi connectivity index (χ0) is 13.7. The topological polar surface area (TPSA) is 49.8 Å². The Balaban J connectivity index is 1.88. The first kappa shape index (κ1) is 13.9. The van der Waals surface area contributed by atoms with E-state index in [1.807, 2.05) is 18.2 Å². The number of benzene rings is 1. The van der Waals surface area contributed by atoms with Gasteiger partial charge in [0.2, 0.25) is 0 Å². The molecule has 0 bridgehead atoms. The fourth-order valence-electron chi connectivity index (χ4n) is 2.57. The van der Waals surface area contributed by atoms with Crippen molar-refractivity contribution in [3.63, 3.8) is 0 Å². The molecule has 19 heavy (non-hydrogen) atoms. The van der Waals surface area contributed by atoms with Crippen molar-refractivity contribution in [2.75, 3.05) is 26.7 Å². The smallest absolute Gasteiger partial charge is 0.303 e. The number of hydrogen-bond acceptors (Lipinski definition) is 3. The lowest BCUT2D eigenvalue weighted by Gasteiger charge is -2.29. The van der Waals surface area contributed by atoms with Crippen molar-refractivity contribution >= 4 is 5.97 Å². The van der Waals surface area contributed by atoms with Crippen LogP contribution in [-0.4, -0.2) is 42.7 Å². The lowest BCUT2D eigenvalue weighted by Crippen LogP contribution is -2.29. The van der Waals surface area contributed by atoms with Crippen LogP contribution < -0.4 is 4.74 Å². The van der Waals surface area contributed by atoms with Crippen molar-refractivity contribution in [1.82, 2.24) is 4.90 Å². The van der Waals surface area contributed by atoms with Gasteiger partial charge in [-0.25, -0.2) is 0 Å². The van der Waals surface area contributed by atoms with Gasteiger partial charge in [0.25, 0.3) is 0 Å². The quantitative estimate of drug-likeness (QED) is 0.856. The van der Waals surface area contributed by atoms with Gasteiger partial charge in [-0.15, -0.1) is 0 Å². The Kier molecular flexibility index (Phi) is 4.80. The van der Waals surface area contributed by atoms with Crippen LogP contribution in [-0.2, 0) is 4.79 Å². The highest BCUT2D eigenvalue weighted by Gasteiger charge is 2.22. The molecule has 1 heterocycles. The molecule has 0 spiro atoms. The number of fused-ring (bicyclic) bond motifs is 1. The van der Waals surface area contributed by atoms with Gasteiger partial charge in [-0.1, -0.05) is 18.2 Å². The van der Waals surface area contributed by atoms with Gasteiger partial charge in [0.1, 0.15) is 5.75 Å². The molecule has 4 heteroatoms. The predicted octanol–water partition coefficient (Wildman–Crippen LogP) is 2.35. The van der Waals surface area contributed by atoms with Crippen molar-refractivity contribution in [2.45, 2.75) is 25.2 Å². The van der Waals surface area contributed by atoms with Gasteiger partial charge in [0.05, 0.1) is 6.61 Å². The maximum absolute atomic E-state index is 10.5. The molecule has 1 aromatic rings. The molecule has 0 radical (unpaired) electrons. The lowest BCUT2D eigenvalue weighted by molar-refractivity contribution is -0.137. The summed E-state index contributed by atoms with van der Waals surface area (Å²) in [5.74, 6) is 0.766. The van der Waals surface area contributed by atoms with Crippen LogP contribution in [0.5, 0.6) is 5.75 Å². The van der Waals surface area contributed by atoms with E-state index in [9.17, 15) is 4.79 Å². The van der Waals surface area contributed by atoms with Crippen molar-refractivity contribution in [3.05, 3.63) is 29.8 Å². The van der Waals surface area contributed by atoms with E-state index in [1.54, 1.807) is 0 Å². The summed E-state index contributed by atoms with van der Waals surface area (Å²) in [7, 11) is 2.06. The molecule has 1 aromatic carbocycles. The number of nitrogens with zero attached hydrogens (tertiary/aromatic N) is 1. The number of carboxylic acid groups (broad SMARTS) is 1. The summed E-state index contributed by atoms with van der Waals surface area (Å²) in [5.41, 5.74) is 1.28. The van der Waals surface area contributed by atoms with E-state index in [2.05, 4.69) is 18.0 Å². The van der Waals surface area contributed by atoms with Gasteiger partial charge in [-0.3, -0.25) is 4.79 Å². The second-order valence-electron chi connectivity index (χ2n) is 5.13. The first-order valence-corrected chi connectivity index (χ1v) is 6.79. The van der Waals surface area contributed by atoms with E-state index < -0.39 is 5.97 Å². The average Bonchev–Trinajstić information content (AvgIpc) is 2.39. The van der Waals surface area contributed by atoms with Gasteiger partial charge >= 0.3 is 5.97 Å². The number of carbonyl (C=O) groups is 1. The Morgan fingerprint density at radius 2 is 2.26 bits per heavy atom. The van der Waals surface area contributed by atoms with E-state index in [1.165, 1.54) is 5.56 Å². The van der Waals surface area contributed by atoms with Crippen LogP contribution >= 0.6 is 0 Å². The van der Waals surface area contributed by atoms with Crippen LogP contribution in [0, 0.1) is 0 Å². The molecule has 1 aliphatic rings. The van der Waals surface area contributed by atoms with E-state index in [4.69, 9.17) is 9.84 Å². The molecule has 104 valence electrons. The zero-order valence-electron chi connectivity index (χ0n) is 11.3. The third kappa shape index (κ3) is 3.96. The van der Waals surface area contributed by atoms with Crippen LogP contribution in [0.2, 0.25) is 0 Å². The molecule has 1 unspecified atom stereocenters. The molecule has 1 N–H and O–H groups in total. The molecule has 0 saturated heterocycles. The lowest BCUT2D eigenvalue weighted by atomic mass is 9.92. The number of aliphatic carboxylic acids is 1. The maximum atomic E-state index is 10.5. The number of hydrogen-bond donors (Lipinski definition) is 1. The minimum absolute atomic E-state index is 0.245. The summed E-state index contributed by atoms with van der Waals surface area (Å²) < 4.78 is 5.65. The molecule has 1 atom stereocenters. The molecule has 0 aromatic heterocycles. The minimum atomic E-state index is -0.718. The highest BCUT2D eigenvalue weighted by atomic mass is 16.5. The Labute approximate surface area is 114 Å². The van der Waals surface area contributed by atoms with E-state index >= 15 is 0 Å². The third-order valence-corrected chi connectivity index (χ3v) is 3.55. The number of para-hydroxylation sites is 1. The molecule has 0 fully saturated rings. The molecule has 4 nitrogen and oxygen atoms in total. The number of carboxylic acids is 1. The fourth-order valence-corrected chi connectivity index (χ4v) is 2.57. The SMILES string of the molecule is CN(CCCC(=O)O)CC1CCOc2ccccc21. The first-order valence-electron chi connectivity index (χ1n) is 6.79. The Bertz CT molecular complexity index is 433. The Hall–Kier alpha value is -1.55. The van der Waals surface area contributed by atoms with Crippen LogP contribution in [0.25, 0.3) is 0 Å². The zero-order valence-corrected chi connectivity index (χ0v) is 11.3. The Morgan fingerprint density at radius 1 is 1.47 bits per heavy atom. The maximum Gasteiger partial charge on any atom is 0.303 e. The van der Waals surface area contributed by atoms with Crippen molar-refractivity contribution in [2.24, 2.45) is 0 Å². The number of likely N-dealkylation sites (N-methyl/N-ethyl adjacent to an activating group) is 1. The van der Waals surface area contributed by atoms with Gasteiger partial charge in [-0.2, -0.15) is 0 Å². The number of rotatable bonds is 6.